The van der Waals surface area contributed by atoms with Crippen LogP contribution in [0.4, 0.5) is 0 Å². The van der Waals surface area contributed by atoms with E-state index >= 15 is 0 Å². The number of benzene rings is 2. The maximum absolute atomic E-state index is 13.0. The van der Waals surface area contributed by atoms with Gasteiger partial charge in [0.15, 0.2) is 5.78 Å². The maximum atomic E-state index is 13.0. The van der Waals surface area contributed by atoms with Crippen molar-refractivity contribution in [2.24, 2.45) is 0 Å². The molecule has 2 nitrogen and oxygen atoms in total. The maximum Gasteiger partial charge on any atom is 0.196 e. The van der Waals surface area contributed by atoms with Crippen LogP contribution in [0.25, 0.3) is 0 Å². The van der Waals surface area contributed by atoms with Crippen molar-refractivity contribution in [1.29, 1.82) is 0 Å². The molecule has 27 heavy (non-hydrogen) atoms. The van der Waals surface area contributed by atoms with E-state index in [1.54, 1.807) is 0 Å². The number of carbonyl (C=O) groups is 1. The first-order chi connectivity index (χ1) is 13.1. The smallest absolute Gasteiger partial charge is 0.196 e. The van der Waals surface area contributed by atoms with Crippen LogP contribution in [0.1, 0.15) is 87.2 Å². The largest absolute Gasteiger partial charge is 0.490 e. The second kappa shape index (κ2) is 11.6. The summed E-state index contributed by atoms with van der Waals surface area (Å²) in [7, 11) is 0. The molecular weight excluding hydrogens is 332 g/mol. The molecule has 0 unspecified atom stereocenters. The predicted molar refractivity (Wildman–Crippen MR) is 114 cm³/mol. The lowest BCUT2D eigenvalue weighted by Gasteiger charge is -2.15. The number of hydrogen-bond acceptors (Lipinski definition) is 2. The molecule has 0 saturated carbocycles. The van der Waals surface area contributed by atoms with Gasteiger partial charge in [-0.15, -0.1) is 0 Å². The molecule has 0 aliphatic heterocycles. The molecule has 0 aromatic heterocycles. The second-order valence-corrected chi connectivity index (χ2v) is 7.56. The van der Waals surface area contributed by atoms with E-state index in [2.05, 4.69) is 13.0 Å². The molecule has 0 amide bonds. The molecular formula is C25H34O2. The Kier molecular flexibility index (Phi) is 9.10. The van der Waals surface area contributed by atoms with Crippen molar-refractivity contribution in [3.63, 3.8) is 0 Å². The minimum Gasteiger partial charge on any atom is -0.490 e. The van der Waals surface area contributed by atoms with Crippen LogP contribution in [0.15, 0.2) is 48.5 Å². The molecule has 0 radical (unpaired) electrons. The fourth-order valence-corrected chi connectivity index (χ4v) is 3.30. The van der Waals surface area contributed by atoms with Crippen LogP contribution in [-0.4, -0.2) is 11.9 Å². The van der Waals surface area contributed by atoms with Crippen molar-refractivity contribution in [1.82, 2.24) is 0 Å². The SMILES string of the molecule is CCCCCCCCCc1ccc(OC(C)C)c(C(=O)c2ccccc2)c1. The van der Waals surface area contributed by atoms with Crippen LogP contribution in [0.2, 0.25) is 0 Å². The summed E-state index contributed by atoms with van der Waals surface area (Å²) in [6, 6.07) is 15.6. The molecule has 0 fully saturated rings. The molecule has 2 heteroatoms. The van der Waals surface area contributed by atoms with Gasteiger partial charge >= 0.3 is 0 Å². The zero-order valence-corrected chi connectivity index (χ0v) is 17.2. The minimum atomic E-state index is 0.0349. The van der Waals surface area contributed by atoms with Gasteiger partial charge in [-0.25, -0.2) is 0 Å². The first kappa shape index (κ1) is 21.2. The van der Waals surface area contributed by atoms with Crippen molar-refractivity contribution >= 4 is 5.78 Å². The highest BCUT2D eigenvalue weighted by Crippen LogP contribution is 2.25. The topological polar surface area (TPSA) is 26.3 Å². The lowest BCUT2D eigenvalue weighted by Crippen LogP contribution is -2.11. The van der Waals surface area contributed by atoms with Crippen LogP contribution >= 0.6 is 0 Å². The predicted octanol–water partition coefficient (Wildman–Crippen LogP) is 7.00. The molecule has 0 atom stereocenters. The highest BCUT2D eigenvalue weighted by molar-refractivity contribution is 6.10. The molecule has 0 spiro atoms. The number of rotatable bonds is 12. The van der Waals surface area contributed by atoms with E-state index in [0.717, 1.165) is 6.42 Å². The number of aryl methyl sites for hydroxylation is 1. The van der Waals surface area contributed by atoms with Gasteiger partial charge in [-0.2, -0.15) is 0 Å². The van der Waals surface area contributed by atoms with Gasteiger partial charge in [-0.05, 0) is 44.4 Å². The van der Waals surface area contributed by atoms with Gasteiger partial charge in [0.2, 0.25) is 0 Å². The van der Waals surface area contributed by atoms with E-state index < -0.39 is 0 Å². The molecule has 146 valence electrons. The molecule has 2 aromatic rings. The highest BCUT2D eigenvalue weighted by atomic mass is 16.5. The monoisotopic (exact) mass is 366 g/mol. The minimum absolute atomic E-state index is 0.0349. The number of unbranched alkanes of at least 4 members (excludes halogenated alkanes) is 6. The summed E-state index contributed by atoms with van der Waals surface area (Å²) in [5.41, 5.74) is 2.61. The van der Waals surface area contributed by atoms with Gasteiger partial charge in [0, 0.05) is 5.56 Å². The fraction of sp³-hybridized carbons (Fsp3) is 0.480. The van der Waals surface area contributed by atoms with E-state index in [1.165, 1.54) is 50.5 Å². The van der Waals surface area contributed by atoms with Crippen LogP contribution in [0.3, 0.4) is 0 Å². The highest BCUT2D eigenvalue weighted by Gasteiger charge is 2.16. The Hall–Kier alpha value is -2.09. The van der Waals surface area contributed by atoms with Crippen LogP contribution in [0.5, 0.6) is 5.75 Å². The second-order valence-electron chi connectivity index (χ2n) is 7.56. The van der Waals surface area contributed by atoms with Gasteiger partial charge in [0.1, 0.15) is 5.75 Å². The Bertz CT molecular complexity index is 689. The zero-order chi connectivity index (χ0) is 19.5. The number of ether oxygens (including phenoxy) is 1. The van der Waals surface area contributed by atoms with Crippen molar-refractivity contribution in [2.75, 3.05) is 0 Å². The standard InChI is InChI=1S/C25H34O2/c1-4-5-6-7-8-9-11-14-21-17-18-24(27-20(2)3)23(19-21)25(26)22-15-12-10-13-16-22/h10,12-13,15-20H,4-9,11,14H2,1-3H3. The average molecular weight is 367 g/mol. The van der Waals surface area contributed by atoms with Gasteiger partial charge in [-0.1, -0.05) is 81.8 Å². The Morgan fingerprint density at radius 1 is 0.889 bits per heavy atom. The Morgan fingerprint density at radius 2 is 1.56 bits per heavy atom. The molecule has 2 rings (SSSR count). The normalized spacial score (nSPS) is 11.0. The summed E-state index contributed by atoms with van der Waals surface area (Å²) in [6.07, 6.45) is 10.1. The third kappa shape index (κ3) is 7.21. The molecule has 2 aromatic carbocycles. The third-order valence-electron chi connectivity index (χ3n) is 4.76. The first-order valence-corrected chi connectivity index (χ1v) is 10.5. The first-order valence-electron chi connectivity index (χ1n) is 10.5. The number of carbonyl (C=O) groups excluding carboxylic acids is 1. The summed E-state index contributed by atoms with van der Waals surface area (Å²) >= 11 is 0. The lowest BCUT2D eigenvalue weighted by molar-refractivity contribution is 0.103. The van der Waals surface area contributed by atoms with Gasteiger partial charge < -0.3 is 4.74 Å². The van der Waals surface area contributed by atoms with E-state index in [9.17, 15) is 4.79 Å². The summed E-state index contributed by atoms with van der Waals surface area (Å²) < 4.78 is 5.90. The van der Waals surface area contributed by atoms with E-state index in [0.29, 0.717) is 16.9 Å². The van der Waals surface area contributed by atoms with Crippen molar-refractivity contribution < 1.29 is 9.53 Å². The molecule has 0 bridgehead atoms. The molecule has 0 heterocycles. The number of ketones is 1. The van der Waals surface area contributed by atoms with Crippen molar-refractivity contribution in [3.8, 4) is 5.75 Å². The summed E-state index contributed by atoms with van der Waals surface area (Å²) in [5, 5.41) is 0. The van der Waals surface area contributed by atoms with Crippen molar-refractivity contribution in [3.05, 3.63) is 65.2 Å². The summed E-state index contributed by atoms with van der Waals surface area (Å²) in [6.45, 7) is 6.23. The molecule has 0 saturated heterocycles. The molecule has 0 aliphatic carbocycles. The summed E-state index contributed by atoms with van der Waals surface area (Å²) in [5.74, 6) is 0.717. The van der Waals surface area contributed by atoms with E-state index in [-0.39, 0.29) is 11.9 Å². The Labute approximate surface area is 165 Å². The van der Waals surface area contributed by atoms with E-state index in [4.69, 9.17) is 4.74 Å². The zero-order valence-electron chi connectivity index (χ0n) is 17.2. The van der Waals surface area contributed by atoms with Crippen LogP contribution in [0, 0.1) is 0 Å². The van der Waals surface area contributed by atoms with Gasteiger partial charge in [0.25, 0.3) is 0 Å². The quantitative estimate of drug-likeness (QED) is 0.299. The Morgan fingerprint density at radius 3 is 2.22 bits per heavy atom. The van der Waals surface area contributed by atoms with Crippen molar-refractivity contribution in [2.45, 2.75) is 78.2 Å². The molecule has 0 N–H and O–H groups in total. The fourth-order valence-electron chi connectivity index (χ4n) is 3.30. The van der Waals surface area contributed by atoms with E-state index in [1.807, 2.05) is 56.3 Å². The molecule has 0 aliphatic rings. The Balaban J connectivity index is 2.04. The summed E-state index contributed by atoms with van der Waals surface area (Å²) in [4.78, 5) is 13.0. The van der Waals surface area contributed by atoms with Crippen LogP contribution in [-0.2, 0) is 6.42 Å². The number of hydrogen-bond donors (Lipinski definition) is 0. The van der Waals surface area contributed by atoms with Gasteiger partial charge in [-0.3, -0.25) is 4.79 Å². The lowest BCUT2D eigenvalue weighted by atomic mass is 9.97. The third-order valence-corrected chi connectivity index (χ3v) is 4.76. The van der Waals surface area contributed by atoms with Gasteiger partial charge in [0.05, 0.1) is 11.7 Å². The average Bonchev–Trinajstić information content (AvgIpc) is 2.68. The van der Waals surface area contributed by atoms with Crippen LogP contribution < -0.4 is 4.74 Å².